The molecule has 2 N–H and O–H groups in total. The highest BCUT2D eigenvalue weighted by molar-refractivity contribution is 7.98. The molecule has 1 saturated heterocycles. The minimum absolute atomic E-state index is 0.0466. The first-order valence-corrected chi connectivity index (χ1v) is 9.53. The Morgan fingerprint density at radius 3 is 2.76 bits per heavy atom. The molecule has 2 aromatic rings. The van der Waals surface area contributed by atoms with E-state index in [0.29, 0.717) is 12.1 Å². The third-order valence-electron chi connectivity index (χ3n) is 4.48. The van der Waals surface area contributed by atoms with Crippen LogP contribution in [0.25, 0.3) is 0 Å². The molecule has 0 radical (unpaired) electrons. The van der Waals surface area contributed by atoms with Crippen molar-refractivity contribution in [2.75, 3.05) is 19.3 Å². The van der Waals surface area contributed by atoms with Crippen LogP contribution in [0.3, 0.4) is 0 Å². The van der Waals surface area contributed by atoms with Gasteiger partial charge in [0, 0.05) is 41.9 Å². The standard InChI is InChI=1S/C18H22N4O2S/c1-25-15-6-4-13(5-7-15)18(24)22-9-2-3-14(11-22)17-20-8-10-21(17)12-16(19)23/h4-8,10,14H,2-3,9,11-12H2,1H3,(H2,19,23)/t14-/m1/s1. The van der Waals surface area contributed by atoms with Crippen molar-refractivity contribution in [3.8, 4) is 0 Å². The molecule has 0 bridgehead atoms. The Morgan fingerprint density at radius 1 is 1.32 bits per heavy atom. The summed E-state index contributed by atoms with van der Waals surface area (Å²) in [6.45, 7) is 1.48. The van der Waals surface area contributed by atoms with E-state index < -0.39 is 5.91 Å². The summed E-state index contributed by atoms with van der Waals surface area (Å²) in [5, 5.41) is 0. The second-order valence-corrected chi connectivity index (χ2v) is 7.08. The number of carbonyl (C=O) groups excluding carboxylic acids is 2. The zero-order valence-corrected chi connectivity index (χ0v) is 15.0. The molecule has 25 heavy (non-hydrogen) atoms. The van der Waals surface area contributed by atoms with Gasteiger partial charge in [0.2, 0.25) is 5.91 Å². The van der Waals surface area contributed by atoms with Gasteiger partial charge in [-0.05, 0) is 43.4 Å². The molecule has 0 aliphatic carbocycles. The van der Waals surface area contributed by atoms with Gasteiger partial charge < -0.3 is 15.2 Å². The molecule has 1 atom stereocenters. The predicted octanol–water partition coefficient (Wildman–Crippen LogP) is 2.11. The highest BCUT2D eigenvalue weighted by atomic mass is 32.2. The zero-order chi connectivity index (χ0) is 17.8. The van der Waals surface area contributed by atoms with E-state index >= 15 is 0 Å². The highest BCUT2D eigenvalue weighted by Crippen LogP contribution is 2.27. The number of hydrogen-bond donors (Lipinski definition) is 1. The first kappa shape index (κ1) is 17.5. The lowest BCUT2D eigenvalue weighted by Crippen LogP contribution is -2.40. The van der Waals surface area contributed by atoms with Crippen LogP contribution in [0.4, 0.5) is 0 Å². The topological polar surface area (TPSA) is 81.2 Å². The molecule has 1 aliphatic heterocycles. The quantitative estimate of drug-likeness (QED) is 0.830. The number of aromatic nitrogens is 2. The summed E-state index contributed by atoms with van der Waals surface area (Å²) in [6, 6.07) is 7.70. The van der Waals surface area contributed by atoms with Crippen LogP contribution in [-0.2, 0) is 11.3 Å². The van der Waals surface area contributed by atoms with Crippen LogP contribution in [-0.4, -0.2) is 45.6 Å². The van der Waals surface area contributed by atoms with Crippen LogP contribution >= 0.6 is 11.8 Å². The van der Waals surface area contributed by atoms with Gasteiger partial charge in [-0.2, -0.15) is 0 Å². The van der Waals surface area contributed by atoms with Gasteiger partial charge in [-0.1, -0.05) is 0 Å². The minimum atomic E-state index is -0.392. The molecule has 2 heterocycles. The fraction of sp³-hybridized carbons (Fsp3) is 0.389. The Balaban J connectivity index is 1.73. The monoisotopic (exact) mass is 358 g/mol. The van der Waals surface area contributed by atoms with Gasteiger partial charge in [0.25, 0.3) is 5.91 Å². The molecule has 0 spiro atoms. The summed E-state index contributed by atoms with van der Waals surface area (Å²) in [7, 11) is 0. The average Bonchev–Trinajstić information content (AvgIpc) is 3.08. The Kier molecular flexibility index (Phi) is 5.43. The van der Waals surface area contributed by atoms with Crippen molar-refractivity contribution < 1.29 is 9.59 Å². The first-order valence-electron chi connectivity index (χ1n) is 8.31. The fourth-order valence-electron chi connectivity index (χ4n) is 3.27. The molecular weight excluding hydrogens is 336 g/mol. The number of rotatable bonds is 5. The SMILES string of the molecule is CSc1ccc(C(=O)N2CCC[C@@H](c3nccn3CC(N)=O)C2)cc1. The lowest BCUT2D eigenvalue weighted by Gasteiger charge is -2.32. The van der Waals surface area contributed by atoms with E-state index in [0.717, 1.165) is 30.1 Å². The van der Waals surface area contributed by atoms with E-state index in [1.54, 1.807) is 28.7 Å². The van der Waals surface area contributed by atoms with E-state index in [9.17, 15) is 9.59 Å². The van der Waals surface area contributed by atoms with E-state index in [1.165, 1.54) is 0 Å². The summed E-state index contributed by atoms with van der Waals surface area (Å²) < 4.78 is 1.79. The van der Waals surface area contributed by atoms with Crippen LogP contribution in [0.2, 0.25) is 0 Å². The van der Waals surface area contributed by atoms with Crippen molar-refractivity contribution in [1.29, 1.82) is 0 Å². The smallest absolute Gasteiger partial charge is 0.253 e. The number of thioether (sulfide) groups is 1. The summed E-state index contributed by atoms with van der Waals surface area (Å²) in [6.07, 6.45) is 7.33. The van der Waals surface area contributed by atoms with E-state index in [4.69, 9.17) is 5.73 Å². The van der Waals surface area contributed by atoms with Crippen LogP contribution in [0.1, 0.15) is 34.9 Å². The number of primary amides is 1. The Bertz CT molecular complexity index is 757. The van der Waals surface area contributed by atoms with Gasteiger partial charge in [-0.25, -0.2) is 4.98 Å². The third-order valence-corrected chi connectivity index (χ3v) is 5.23. The summed E-state index contributed by atoms with van der Waals surface area (Å²) in [5.74, 6) is 0.605. The van der Waals surface area contributed by atoms with Crippen molar-refractivity contribution in [2.24, 2.45) is 5.73 Å². The number of nitrogens with zero attached hydrogens (tertiary/aromatic N) is 3. The molecule has 1 fully saturated rings. The van der Waals surface area contributed by atoms with Crippen molar-refractivity contribution in [2.45, 2.75) is 30.2 Å². The van der Waals surface area contributed by atoms with Gasteiger partial charge in [0.15, 0.2) is 0 Å². The number of piperidine rings is 1. The second kappa shape index (κ2) is 7.74. The maximum absolute atomic E-state index is 12.8. The zero-order valence-electron chi connectivity index (χ0n) is 14.2. The number of carbonyl (C=O) groups is 2. The van der Waals surface area contributed by atoms with E-state index in [1.807, 2.05) is 35.4 Å². The van der Waals surface area contributed by atoms with Gasteiger partial charge in [0.1, 0.15) is 12.4 Å². The van der Waals surface area contributed by atoms with Crippen LogP contribution in [0.5, 0.6) is 0 Å². The van der Waals surface area contributed by atoms with E-state index in [-0.39, 0.29) is 18.4 Å². The van der Waals surface area contributed by atoms with Gasteiger partial charge >= 0.3 is 0 Å². The molecule has 1 aromatic heterocycles. The Labute approximate surface area is 151 Å². The van der Waals surface area contributed by atoms with Gasteiger partial charge in [-0.15, -0.1) is 11.8 Å². The molecule has 3 rings (SSSR count). The first-order chi connectivity index (χ1) is 12.1. The summed E-state index contributed by atoms with van der Waals surface area (Å²) in [5.41, 5.74) is 6.01. The highest BCUT2D eigenvalue weighted by Gasteiger charge is 2.28. The number of imidazole rings is 1. The minimum Gasteiger partial charge on any atom is -0.368 e. The number of nitrogens with two attached hydrogens (primary N) is 1. The lowest BCUT2D eigenvalue weighted by molar-refractivity contribution is -0.118. The number of amides is 2. The maximum atomic E-state index is 12.8. The number of hydrogen-bond acceptors (Lipinski definition) is 4. The van der Waals surface area contributed by atoms with Gasteiger partial charge in [-0.3, -0.25) is 9.59 Å². The molecule has 1 aliphatic rings. The third kappa shape index (κ3) is 4.04. The maximum Gasteiger partial charge on any atom is 0.253 e. The molecule has 7 heteroatoms. The molecule has 6 nitrogen and oxygen atoms in total. The molecule has 132 valence electrons. The fourth-order valence-corrected chi connectivity index (χ4v) is 3.68. The molecule has 0 saturated carbocycles. The molecule has 1 aromatic carbocycles. The molecule has 0 unspecified atom stereocenters. The average molecular weight is 358 g/mol. The lowest BCUT2D eigenvalue weighted by atomic mass is 9.96. The second-order valence-electron chi connectivity index (χ2n) is 6.20. The number of benzene rings is 1. The summed E-state index contributed by atoms with van der Waals surface area (Å²) >= 11 is 1.66. The number of likely N-dealkylation sites (tertiary alicyclic amines) is 1. The van der Waals surface area contributed by atoms with E-state index in [2.05, 4.69) is 4.98 Å². The largest absolute Gasteiger partial charge is 0.368 e. The van der Waals surface area contributed by atoms with Crippen molar-refractivity contribution >= 4 is 23.6 Å². The van der Waals surface area contributed by atoms with Crippen molar-refractivity contribution in [3.63, 3.8) is 0 Å². The molecule has 2 amide bonds. The molecular formula is C18H22N4O2S. The van der Waals surface area contributed by atoms with Gasteiger partial charge in [0.05, 0.1) is 0 Å². The predicted molar refractivity (Wildman–Crippen MR) is 97.5 cm³/mol. The Hall–Kier alpha value is -2.28. The van der Waals surface area contributed by atoms with Crippen LogP contribution in [0, 0.1) is 0 Å². The van der Waals surface area contributed by atoms with Crippen LogP contribution in [0.15, 0.2) is 41.6 Å². The van der Waals surface area contributed by atoms with Crippen LogP contribution < -0.4 is 5.73 Å². The normalized spacial score (nSPS) is 17.5. The van der Waals surface area contributed by atoms with Crippen molar-refractivity contribution in [1.82, 2.24) is 14.5 Å². The summed E-state index contributed by atoms with van der Waals surface area (Å²) in [4.78, 5) is 31.4. The van der Waals surface area contributed by atoms with Crippen molar-refractivity contribution in [3.05, 3.63) is 48.0 Å². The Morgan fingerprint density at radius 2 is 2.08 bits per heavy atom.